The summed E-state index contributed by atoms with van der Waals surface area (Å²) in [5.74, 6) is -1.49. The van der Waals surface area contributed by atoms with Crippen LogP contribution < -0.4 is 4.74 Å². The lowest BCUT2D eigenvalue weighted by atomic mass is 10.2. The first-order valence-electron chi connectivity index (χ1n) is 6.55. The van der Waals surface area contributed by atoms with Crippen LogP contribution in [0.4, 0.5) is 13.2 Å². The third kappa shape index (κ3) is 2.98. The molecule has 0 saturated heterocycles. The second kappa shape index (κ2) is 5.35. The van der Waals surface area contributed by atoms with Gasteiger partial charge in [0, 0.05) is 11.1 Å². The fraction of sp³-hybridized carbons (Fsp3) is 0.0625. The highest BCUT2D eigenvalue weighted by Crippen LogP contribution is 2.27. The van der Waals surface area contributed by atoms with E-state index in [4.69, 9.17) is 0 Å². The number of benzene rings is 2. The molecule has 1 heterocycles. The van der Waals surface area contributed by atoms with Gasteiger partial charge in [0.15, 0.2) is 0 Å². The van der Waals surface area contributed by atoms with Gasteiger partial charge >= 0.3 is 12.3 Å². The van der Waals surface area contributed by atoms with Crippen LogP contribution in [0, 0.1) is 0 Å². The molecule has 3 aromatic rings. The lowest BCUT2D eigenvalue weighted by Crippen LogP contribution is -2.17. The number of carboxylic acids is 1. The zero-order valence-electron chi connectivity index (χ0n) is 11.5. The number of aromatic nitrogens is 1. The SMILES string of the molecule is O=C(O)c1cc2ccccc2n1-c1ccc(OC(F)(F)F)cc1. The van der Waals surface area contributed by atoms with Crippen molar-refractivity contribution in [2.45, 2.75) is 6.36 Å². The van der Waals surface area contributed by atoms with E-state index < -0.39 is 12.3 Å². The number of ether oxygens (including phenoxy) is 1. The van der Waals surface area contributed by atoms with E-state index >= 15 is 0 Å². The van der Waals surface area contributed by atoms with Crippen molar-refractivity contribution < 1.29 is 27.8 Å². The fourth-order valence-corrected chi connectivity index (χ4v) is 2.39. The lowest BCUT2D eigenvalue weighted by molar-refractivity contribution is -0.274. The van der Waals surface area contributed by atoms with Crippen LogP contribution in [-0.2, 0) is 0 Å². The average Bonchev–Trinajstić information content (AvgIpc) is 2.86. The normalized spacial score (nSPS) is 11.6. The van der Waals surface area contributed by atoms with Crippen molar-refractivity contribution in [1.29, 1.82) is 0 Å². The van der Waals surface area contributed by atoms with Gasteiger partial charge < -0.3 is 14.4 Å². The Bertz CT molecular complexity index is 866. The molecule has 3 rings (SSSR count). The van der Waals surface area contributed by atoms with Gasteiger partial charge in [-0.05, 0) is 36.4 Å². The van der Waals surface area contributed by atoms with Crippen LogP contribution in [0.5, 0.6) is 5.75 Å². The van der Waals surface area contributed by atoms with E-state index in [1.807, 2.05) is 0 Å². The summed E-state index contributed by atoms with van der Waals surface area (Å²) in [7, 11) is 0. The Labute approximate surface area is 128 Å². The zero-order chi connectivity index (χ0) is 16.6. The molecule has 0 radical (unpaired) electrons. The van der Waals surface area contributed by atoms with Gasteiger partial charge in [0.2, 0.25) is 0 Å². The molecule has 0 saturated carbocycles. The van der Waals surface area contributed by atoms with Crippen molar-refractivity contribution in [2.75, 3.05) is 0 Å². The molecular weight excluding hydrogens is 311 g/mol. The largest absolute Gasteiger partial charge is 0.573 e. The summed E-state index contributed by atoms with van der Waals surface area (Å²) in [6, 6.07) is 13.6. The topological polar surface area (TPSA) is 51.5 Å². The van der Waals surface area contributed by atoms with Crippen LogP contribution in [0.25, 0.3) is 16.6 Å². The highest BCUT2D eigenvalue weighted by atomic mass is 19.4. The van der Waals surface area contributed by atoms with Gasteiger partial charge in [0.1, 0.15) is 11.4 Å². The number of carboxylic acid groups (broad SMARTS) is 1. The van der Waals surface area contributed by atoms with Crippen LogP contribution >= 0.6 is 0 Å². The summed E-state index contributed by atoms with van der Waals surface area (Å²) in [4.78, 5) is 11.4. The van der Waals surface area contributed by atoms with Crippen molar-refractivity contribution in [2.24, 2.45) is 0 Å². The average molecular weight is 321 g/mol. The number of fused-ring (bicyclic) bond motifs is 1. The highest BCUT2D eigenvalue weighted by molar-refractivity contribution is 5.96. The summed E-state index contributed by atoms with van der Waals surface area (Å²) < 4.78 is 41.8. The monoisotopic (exact) mass is 321 g/mol. The molecule has 1 aromatic heterocycles. The molecule has 0 aliphatic heterocycles. The van der Waals surface area contributed by atoms with E-state index in [1.54, 1.807) is 24.3 Å². The first-order valence-corrected chi connectivity index (χ1v) is 6.55. The molecule has 0 aliphatic carbocycles. The predicted octanol–water partition coefficient (Wildman–Crippen LogP) is 4.23. The number of carbonyl (C=O) groups is 1. The molecule has 7 heteroatoms. The zero-order valence-corrected chi connectivity index (χ0v) is 11.5. The summed E-state index contributed by atoms with van der Waals surface area (Å²) in [5, 5.41) is 10.1. The molecular formula is C16H10F3NO3. The van der Waals surface area contributed by atoms with E-state index in [0.29, 0.717) is 11.2 Å². The standard InChI is InChI=1S/C16H10F3NO3/c17-16(18,19)23-12-7-5-11(6-8-12)20-13-4-2-1-3-10(13)9-14(20)15(21)22/h1-9H,(H,21,22). The Balaban J connectivity index is 2.09. The minimum absolute atomic E-state index is 0.0238. The molecule has 2 aromatic carbocycles. The number of hydrogen-bond donors (Lipinski definition) is 1. The molecule has 0 spiro atoms. The number of halogens is 3. The first-order chi connectivity index (χ1) is 10.8. The number of aromatic carboxylic acids is 1. The van der Waals surface area contributed by atoms with Crippen molar-refractivity contribution in [3.05, 3.63) is 60.3 Å². The smallest absolute Gasteiger partial charge is 0.477 e. The minimum Gasteiger partial charge on any atom is -0.477 e. The molecule has 0 atom stereocenters. The molecule has 4 nitrogen and oxygen atoms in total. The van der Waals surface area contributed by atoms with Gasteiger partial charge in [0.25, 0.3) is 0 Å². The first kappa shape index (κ1) is 15.0. The third-order valence-corrected chi connectivity index (χ3v) is 3.26. The van der Waals surface area contributed by atoms with Gasteiger partial charge in [-0.25, -0.2) is 4.79 Å². The molecule has 0 amide bonds. The molecule has 23 heavy (non-hydrogen) atoms. The van der Waals surface area contributed by atoms with E-state index in [0.717, 1.165) is 17.5 Å². The maximum absolute atomic E-state index is 12.2. The highest BCUT2D eigenvalue weighted by Gasteiger charge is 2.31. The van der Waals surface area contributed by atoms with Crippen LogP contribution in [0.3, 0.4) is 0 Å². The quantitative estimate of drug-likeness (QED) is 0.785. The number of alkyl halides is 3. The van der Waals surface area contributed by atoms with Gasteiger partial charge in [-0.1, -0.05) is 18.2 Å². The number of para-hydroxylation sites is 1. The van der Waals surface area contributed by atoms with Gasteiger partial charge in [0.05, 0.1) is 5.52 Å². The molecule has 118 valence electrons. The van der Waals surface area contributed by atoms with Gasteiger partial charge in [-0.15, -0.1) is 13.2 Å². The van der Waals surface area contributed by atoms with E-state index in [2.05, 4.69) is 4.74 Å². The van der Waals surface area contributed by atoms with E-state index in [9.17, 15) is 23.1 Å². The number of hydrogen-bond acceptors (Lipinski definition) is 2. The molecule has 0 fully saturated rings. The van der Waals surface area contributed by atoms with Crippen molar-refractivity contribution in [3.8, 4) is 11.4 Å². The predicted molar refractivity (Wildman–Crippen MR) is 76.9 cm³/mol. The Kier molecular flexibility index (Phi) is 3.48. The molecule has 0 aliphatic rings. The van der Waals surface area contributed by atoms with Crippen LogP contribution in [0.2, 0.25) is 0 Å². The summed E-state index contributed by atoms with van der Waals surface area (Å²) in [5.41, 5.74) is 1.10. The number of nitrogens with zero attached hydrogens (tertiary/aromatic N) is 1. The van der Waals surface area contributed by atoms with Crippen LogP contribution in [0.1, 0.15) is 10.5 Å². The Hall–Kier alpha value is -2.96. The maximum Gasteiger partial charge on any atom is 0.573 e. The second-order valence-electron chi connectivity index (χ2n) is 4.77. The maximum atomic E-state index is 12.2. The molecule has 1 N–H and O–H groups in total. The third-order valence-electron chi connectivity index (χ3n) is 3.26. The fourth-order valence-electron chi connectivity index (χ4n) is 2.39. The van der Waals surface area contributed by atoms with Crippen molar-refractivity contribution >= 4 is 16.9 Å². The van der Waals surface area contributed by atoms with E-state index in [1.165, 1.54) is 22.8 Å². The lowest BCUT2D eigenvalue weighted by Gasteiger charge is -2.11. The summed E-state index contributed by atoms with van der Waals surface area (Å²) in [6.45, 7) is 0. The van der Waals surface area contributed by atoms with Gasteiger partial charge in [-0.2, -0.15) is 0 Å². The summed E-state index contributed by atoms with van der Waals surface area (Å²) >= 11 is 0. The van der Waals surface area contributed by atoms with Gasteiger partial charge in [-0.3, -0.25) is 0 Å². The van der Waals surface area contributed by atoms with E-state index in [-0.39, 0.29) is 11.4 Å². The van der Waals surface area contributed by atoms with Crippen LogP contribution in [-0.4, -0.2) is 22.0 Å². The van der Waals surface area contributed by atoms with Crippen molar-refractivity contribution in [1.82, 2.24) is 4.57 Å². The summed E-state index contributed by atoms with van der Waals surface area (Å²) in [6.07, 6.45) is -4.77. The van der Waals surface area contributed by atoms with Crippen molar-refractivity contribution in [3.63, 3.8) is 0 Å². The Morgan fingerprint density at radius 3 is 2.30 bits per heavy atom. The minimum atomic E-state index is -4.77. The number of rotatable bonds is 3. The Morgan fingerprint density at radius 1 is 1.04 bits per heavy atom. The van der Waals surface area contributed by atoms with Crippen LogP contribution in [0.15, 0.2) is 54.6 Å². The second-order valence-corrected chi connectivity index (χ2v) is 4.77. The molecule has 0 bridgehead atoms. The molecule has 0 unspecified atom stereocenters. The Morgan fingerprint density at radius 2 is 1.70 bits per heavy atom.